The quantitative estimate of drug-likeness (QED) is 0.298. The first-order chi connectivity index (χ1) is 6.31. The van der Waals surface area contributed by atoms with Crippen molar-refractivity contribution < 1.29 is 0 Å². The van der Waals surface area contributed by atoms with Crippen molar-refractivity contribution in [2.24, 2.45) is 5.84 Å². The van der Waals surface area contributed by atoms with Gasteiger partial charge in [-0.2, -0.15) is 4.98 Å². The van der Waals surface area contributed by atoms with Gasteiger partial charge in [0.05, 0.1) is 0 Å². The van der Waals surface area contributed by atoms with E-state index < -0.39 is 0 Å². The van der Waals surface area contributed by atoms with Crippen molar-refractivity contribution in [3.8, 4) is 0 Å². The van der Waals surface area contributed by atoms with Crippen LogP contribution in [0.15, 0.2) is 17.2 Å². The second kappa shape index (κ2) is 4.47. The zero-order valence-corrected chi connectivity index (χ0v) is 9.48. The van der Waals surface area contributed by atoms with Gasteiger partial charge in [0.1, 0.15) is 0 Å². The van der Waals surface area contributed by atoms with Crippen LogP contribution in [0.2, 0.25) is 0 Å². The predicted molar refractivity (Wildman–Crippen MR) is 51.5 cm³/mol. The zero-order chi connectivity index (χ0) is 9.26. The number of hydrogen-bond donors (Lipinski definition) is 3. The van der Waals surface area contributed by atoms with E-state index in [4.69, 9.17) is 5.84 Å². The number of anilines is 1. The normalized spacial score (nSPS) is 9.50. The van der Waals surface area contributed by atoms with Gasteiger partial charge in [-0.15, -0.1) is 0 Å². The number of aromatic nitrogens is 4. The molecular formula is C6H6N6NaO. The minimum atomic E-state index is -0.369. The summed E-state index contributed by atoms with van der Waals surface area (Å²) < 4.78 is 0. The molecule has 0 atom stereocenters. The van der Waals surface area contributed by atoms with E-state index in [1.165, 1.54) is 12.4 Å². The van der Waals surface area contributed by atoms with Gasteiger partial charge in [0.15, 0.2) is 11.2 Å². The fourth-order valence-corrected chi connectivity index (χ4v) is 0.942. The maximum absolute atomic E-state index is 11.3. The summed E-state index contributed by atoms with van der Waals surface area (Å²) in [6.07, 6.45) is 2.88. The second-order valence-electron chi connectivity index (χ2n) is 2.29. The smallest absolute Gasteiger partial charge is 0.280 e. The van der Waals surface area contributed by atoms with Crippen LogP contribution in [0.4, 0.5) is 5.95 Å². The van der Waals surface area contributed by atoms with Gasteiger partial charge in [-0.3, -0.25) is 15.2 Å². The molecule has 0 saturated heterocycles. The summed E-state index contributed by atoms with van der Waals surface area (Å²) in [5, 5.41) is 0. The summed E-state index contributed by atoms with van der Waals surface area (Å²) in [7, 11) is 0. The molecule has 0 aliphatic carbocycles. The molecule has 0 bridgehead atoms. The molecule has 0 unspecified atom stereocenters. The van der Waals surface area contributed by atoms with Gasteiger partial charge >= 0.3 is 0 Å². The Balaban J connectivity index is 0.000000980. The summed E-state index contributed by atoms with van der Waals surface area (Å²) in [5.74, 6) is 5.24. The number of rotatable bonds is 1. The Bertz CT molecular complexity index is 497. The van der Waals surface area contributed by atoms with Gasteiger partial charge in [-0.25, -0.2) is 15.8 Å². The molecule has 0 spiro atoms. The van der Waals surface area contributed by atoms with E-state index in [1.807, 2.05) is 0 Å². The molecule has 0 fully saturated rings. The third-order valence-electron chi connectivity index (χ3n) is 1.48. The van der Waals surface area contributed by atoms with E-state index in [0.717, 1.165) is 0 Å². The number of H-pyrrole nitrogens is 1. The van der Waals surface area contributed by atoms with Crippen LogP contribution in [0.3, 0.4) is 0 Å². The zero-order valence-electron chi connectivity index (χ0n) is 7.48. The van der Waals surface area contributed by atoms with Crippen molar-refractivity contribution in [3.05, 3.63) is 22.7 Å². The maximum atomic E-state index is 11.3. The number of nitrogens with one attached hydrogen (secondary N) is 2. The number of aromatic amines is 1. The summed E-state index contributed by atoms with van der Waals surface area (Å²) >= 11 is 0. The van der Waals surface area contributed by atoms with E-state index in [0.29, 0.717) is 0 Å². The Labute approximate surface area is 100 Å². The second-order valence-corrected chi connectivity index (χ2v) is 2.29. The summed E-state index contributed by atoms with van der Waals surface area (Å²) in [6, 6.07) is 0. The number of hydrogen-bond acceptors (Lipinski definition) is 6. The van der Waals surface area contributed by atoms with Gasteiger partial charge in [0, 0.05) is 42.0 Å². The Morgan fingerprint density at radius 1 is 1.36 bits per heavy atom. The van der Waals surface area contributed by atoms with E-state index in [9.17, 15) is 4.79 Å². The number of fused-ring (bicyclic) bond motifs is 1. The van der Waals surface area contributed by atoms with Crippen molar-refractivity contribution in [2.45, 2.75) is 0 Å². The van der Waals surface area contributed by atoms with Crippen molar-refractivity contribution in [3.63, 3.8) is 0 Å². The first-order valence-corrected chi connectivity index (χ1v) is 3.49. The molecule has 8 heteroatoms. The minimum absolute atomic E-state index is 0. The first kappa shape index (κ1) is 11.1. The third kappa shape index (κ3) is 1.90. The summed E-state index contributed by atoms with van der Waals surface area (Å²) in [6.45, 7) is 0. The van der Waals surface area contributed by atoms with Crippen LogP contribution in [0.25, 0.3) is 11.2 Å². The molecule has 1 radical (unpaired) electrons. The Kier molecular flexibility index (Phi) is 3.53. The maximum Gasteiger partial charge on any atom is 0.280 e. The molecule has 2 rings (SSSR count). The molecule has 2 aromatic heterocycles. The Hall–Kier alpha value is -1.02. The van der Waals surface area contributed by atoms with Gasteiger partial charge in [-0.05, 0) is 0 Å². The average Bonchev–Trinajstić information content (AvgIpc) is 2.18. The van der Waals surface area contributed by atoms with Gasteiger partial charge in [0.25, 0.3) is 5.56 Å². The van der Waals surface area contributed by atoms with Crippen LogP contribution in [-0.4, -0.2) is 49.5 Å². The van der Waals surface area contributed by atoms with E-state index in [-0.39, 0.29) is 52.2 Å². The van der Waals surface area contributed by atoms with Gasteiger partial charge in [0.2, 0.25) is 5.95 Å². The molecule has 4 N–H and O–H groups in total. The molecule has 0 saturated carbocycles. The van der Waals surface area contributed by atoms with Crippen molar-refractivity contribution in [1.29, 1.82) is 0 Å². The van der Waals surface area contributed by atoms with Crippen LogP contribution in [0.1, 0.15) is 0 Å². The van der Waals surface area contributed by atoms with E-state index >= 15 is 0 Å². The van der Waals surface area contributed by atoms with E-state index in [2.05, 4.69) is 25.4 Å². The summed E-state index contributed by atoms with van der Waals surface area (Å²) in [4.78, 5) is 25.2. The number of nitrogens with two attached hydrogens (primary N) is 1. The van der Waals surface area contributed by atoms with Crippen LogP contribution in [-0.2, 0) is 0 Å². The molecule has 0 aliphatic rings. The number of hydrazine groups is 1. The van der Waals surface area contributed by atoms with Crippen LogP contribution in [0, 0.1) is 0 Å². The molecule has 0 aliphatic heterocycles. The fourth-order valence-electron chi connectivity index (χ4n) is 0.942. The number of nitrogen functional groups attached to an aromatic ring is 1. The standard InChI is InChI=1S/C6H6N6O.Na/c7-12-6-10-4-3(5(13)11-6)8-1-2-9-4;/h1-2H,7H2,(H2,9,10,11,12,13);. The molecule has 0 aromatic carbocycles. The molecule has 67 valence electrons. The molecule has 2 heterocycles. The van der Waals surface area contributed by atoms with Crippen LogP contribution >= 0.6 is 0 Å². The molecule has 2 aromatic rings. The summed E-state index contributed by atoms with van der Waals surface area (Å²) in [5.41, 5.74) is 2.32. The SMILES string of the molecule is NNc1nc2nccnc2c(=O)[nH]1.[Na]. The predicted octanol–water partition coefficient (Wildman–Crippen LogP) is -1.38. The van der Waals surface area contributed by atoms with Gasteiger partial charge in [-0.1, -0.05) is 0 Å². The fraction of sp³-hybridized carbons (Fsp3) is 0. The van der Waals surface area contributed by atoms with E-state index in [1.54, 1.807) is 0 Å². The average molecular weight is 201 g/mol. The first-order valence-electron chi connectivity index (χ1n) is 3.49. The molecule has 7 nitrogen and oxygen atoms in total. The minimum Gasteiger partial charge on any atom is -0.294 e. The van der Waals surface area contributed by atoms with Crippen LogP contribution in [0.5, 0.6) is 0 Å². The van der Waals surface area contributed by atoms with Crippen molar-refractivity contribution in [2.75, 3.05) is 5.43 Å². The van der Waals surface area contributed by atoms with Gasteiger partial charge < -0.3 is 0 Å². The molecular weight excluding hydrogens is 195 g/mol. The van der Waals surface area contributed by atoms with Crippen LogP contribution < -0.4 is 16.8 Å². The topological polar surface area (TPSA) is 110 Å². The number of nitrogens with zero attached hydrogens (tertiary/aromatic N) is 3. The van der Waals surface area contributed by atoms with Crippen molar-refractivity contribution >= 4 is 46.7 Å². The largest absolute Gasteiger partial charge is 0.294 e. The Morgan fingerprint density at radius 2 is 2.07 bits per heavy atom. The Morgan fingerprint density at radius 3 is 2.79 bits per heavy atom. The third-order valence-corrected chi connectivity index (χ3v) is 1.48. The monoisotopic (exact) mass is 201 g/mol. The van der Waals surface area contributed by atoms with Crippen molar-refractivity contribution in [1.82, 2.24) is 19.9 Å². The molecule has 0 amide bonds. The molecule has 14 heavy (non-hydrogen) atoms.